The first-order valence-electron chi connectivity index (χ1n) is 12.3. The first-order valence-corrected chi connectivity index (χ1v) is 12.7. The van der Waals surface area contributed by atoms with Gasteiger partial charge in [0, 0.05) is 42.1 Å². The summed E-state index contributed by atoms with van der Waals surface area (Å²) in [5.74, 6) is -4.43. The van der Waals surface area contributed by atoms with Gasteiger partial charge >= 0.3 is 6.18 Å². The Morgan fingerprint density at radius 1 is 1.15 bits per heavy atom. The number of alkyl halides is 5. The lowest BCUT2D eigenvalue weighted by molar-refractivity contribution is -0.194. The minimum absolute atomic E-state index is 0.0230. The molecule has 1 aromatic carbocycles. The van der Waals surface area contributed by atoms with Crippen LogP contribution in [-0.4, -0.2) is 44.7 Å². The maximum absolute atomic E-state index is 14.3. The number of pyridine rings is 1. The van der Waals surface area contributed by atoms with Crippen molar-refractivity contribution in [2.75, 3.05) is 23.3 Å². The van der Waals surface area contributed by atoms with E-state index in [1.54, 1.807) is 24.0 Å². The third-order valence-electron chi connectivity index (χ3n) is 7.61. The molecule has 39 heavy (non-hydrogen) atoms. The predicted molar refractivity (Wildman–Crippen MR) is 136 cm³/mol. The number of anilines is 2. The Labute approximate surface area is 224 Å². The summed E-state index contributed by atoms with van der Waals surface area (Å²) in [5.41, 5.74) is 1.21. The van der Waals surface area contributed by atoms with Gasteiger partial charge < -0.3 is 10.2 Å². The van der Waals surface area contributed by atoms with Gasteiger partial charge in [-0.2, -0.15) is 13.2 Å². The number of hydrogen-bond acceptors (Lipinski definition) is 6. The maximum atomic E-state index is 14.3. The van der Waals surface area contributed by atoms with Crippen molar-refractivity contribution in [3.63, 3.8) is 0 Å². The number of aromatic nitrogens is 4. The third kappa shape index (κ3) is 4.16. The largest absolute Gasteiger partial charge is 0.434 e. The molecular formula is C26H22ClF5N6O. The number of aryl methyl sites for hydroxylation is 1. The molecule has 2 bridgehead atoms. The molecule has 4 aromatic rings. The van der Waals surface area contributed by atoms with Crippen molar-refractivity contribution in [2.45, 2.75) is 38.4 Å². The van der Waals surface area contributed by atoms with Crippen molar-refractivity contribution in [3.8, 4) is 0 Å². The highest BCUT2D eigenvalue weighted by Crippen LogP contribution is 2.53. The van der Waals surface area contributed by atoms with Crippen molar-refractivity contribution in [3.05, 3.63) is 58.1 Å². The summed E-state index contributed by atoms with van der Waals surface area (Å²) < 4.78 is 71.1. The monoisotopic (exact) mass is 564 g/mol. The van der Waals surface area contributed by atoms with Gasteiger partial charge in [0.2, 0.25) is 5.95 Å². The van der Waals surface area contributed by atoms with E-state index in [1.807, 2.05) is 13.0 Å². The van der Waals surface area contributed by atoms with E-state index >= 15 is 0 Å². The zero-order valence-corrected chi connectivity index (χ0v) is 21.5. The Bertz CT molecular complexity index is 1620. The maximum Gasteiger partial charge on any atom is 0.434 e. The average Bonchev–Trinajstić information content (AvgIpc) is 3.35. The van der Waals surface area contributed by atoms with Gasteiger partial charge in [0.25, 0.3) is 5.92 Å². The SMILES string of the molecule is Cc1cc(C(C)Nc2ccc(Cl)nc2C=O)c2nc(N3CC4CC(C3)C4(F)F)n3cc(C(F)(F)F)nc3c2c1. The minimum atomic E-state index is -4.71. The van der Waals surface area contributed by atoms with Crippen molar-refractivity contribution < 1.29 is 26.7 Å². The number of fused-ring (bicyclic) bond motifs is 5. The molecule has 0 spiro atoms. The molecule has 3 aliphatic rings. The van der Waals surface area contributed by atoms with Crippen LogP contribution in [0.4, 0.5) is 33.6 Å². The van der Waals surface area contributed by atoms with Crippen LogP contribution in [0.5, 0.6) is 0 Å². The van der Waals surface area contributed by atoms with Gasteiger partial charge in [-0.25, -0.2) is 23.7 Å². The Kier molecular flexibility index (Phi) is 5.76. The highest BCUT2D eigenvalue weighted by molar-refractivity contribution is 6.29. The summed E-state index contributed by atoms with van der Waals surface area (Å²) >= 11 is 5.91. The van der Waals surface area contributed by atoms with E-state index in [0.29, 0.717) is 34.9 Å². The standard InChI is InChI=1S/C26H22ClF5N6O/c1-12-5-16(13(2)33-18-3-4-21(27)34-19(18)11-39)22-17(6-12)23-35-20(26(30,31)32)10-38(23)24(36-22)37-8-14-7-15(9-37)25(14,28)29/h3-6,10-11,13-15,33H,7-9H2,1-2H3. The summed E-state index contributed by atoms with van der Waals surface area (Å²) in [5, 5.41) is 3.75. The highest BCUT2D eigenvalue weighted by atomic mass is 35.5. The van der Waals surface area contributed by atoms with Gasteiger partial charge in [0.1, 0.15) is 16.5 Å². The van der Waals surface area contributed by atoms with Crippen LogP contribution in [0.15, 0.2) is 30.5 Å². The van der Waals surface area contributed by atoms with E-state index in [0.717, 1.165) is 11.8 Å². The fraction of sp³-hybridized carbons (Fsp3) is 0.385. The summed E-state index contributed by atoms with van der Waals surface area (Å²) in [7, 11) is 0. The molecule has 0 amide bonds. The zero-order valence-electron chi connectivity index (χ0n) is 20.7. The number of aldehydes is 1. The van der Waals surface area contributed by atoms with E-state index in [2.05, 4.69) is 15.3 Å². The molecular weight excluding hydrogens is 543 g/mol. The number of piperidine rings is 2. The topological polar surface area (TPSA) is 75.4 Å². The molecule has 1 aliphatic carbocycles. The first kappa shape index (κ1) is 25.7. The fourth-order valence-corrected chi connectivity index (χ4v) is 5.79. The van der Waals surface area contributed by atoms with Crippen LogP contribution in [0.3, 0.4) is 0 Å². The second kappa shape index (κ2) is 8.73. The quantitative estimate of drug-likeness (QED) is 0.173. The number of carbonyl (C=O) groups is 1. The summed E-state index contributed by atoms with van der Waals surface area (Å²) in [6.45, 7) is 3.57. The lowest BCUT2D eigenvalue weighted by atomic mass is 9.67. The van der Waals surface area contributed by atoms with E-state index in [-0.39, 0.29) is 35.5 Å². The normalized spacial score (nSPS) is 21.2. The highest BCUT2D eigenvalue weighted by Gasteiger charge is 2.61. The molecule has 3 unspecified atom stereocenters. The minimum Gasteiger partial charge on any atom is -0.377 e. The number of rotatable bonds is 5. The van der Waals surface area contributed by atoms with Gasteiger partial charge in [-0.05, 0) is 44.0 Å². The molecule has 204 valence electrons. The van der Waals surface area contributed by atoms with Gasteiger partial charge in [0.15, 0.2) is 12.0 Å². The second-order valence-corrected chi connectivity index (χ2v) is 10.6. The van der Waals surface area contributed by atoms with Gasteiger partial charge in [-0.15, -0.1) is 0 Å². The molecule has 1 saturated carbocycles. The third-order valence-corrected chi connectivity index (χ3v) is 7.82. The van der Waals surface area contributed by atoms with Crippen LogP contribution < -0.4 is 10.2 Å². The van der Waals surface area contributed by atoms with Crippen LogP contribution in [-0.2, 0) is 6.18 Å². The van der Waals surface area contributed by atoms with Gasteiger partial charge in [0.05, 0.1) is 17.2 Å². The Morgan fingerprint density at radius 2 is 1.87 bits per heavy atom. The smallest absolute Gasteiger partial charge is 0.377 e. The molecule has 2 aliphatic heterocycles. The molecule has 7 rings (SSSR count). The Balaban J connectivity index is 1.52. The van der Waals surface area contributed by atoms with E-state index < -0.39 is 35.7 Å². The van der Waals surface area contributed by atoms with Crippen molar-refractivity contribution in [1.29, 1.82) is 0 Å². The summed E-state index contributed by atoms with van der Waals surface area (Å²) in [4.78, 5) is 25.9. The fourth-order valence-electron chi connectivity index (χ4n) is 5.63. The van der Waals surface area contributed by atoms with Crippen molar-refractivity contribution in [2.24, 2.45) is 11.8 Å². The molecule has 3 atom stereocenters. The van der Waals surface area contributed by atoms with Crippen LogP contribution >= 0.6 is 11.6 Å². The number of nitrogens with one attached hydrogen (secondary N) is 1. The number of benzene rings is 1. The van der Waals surface area contributed by atoms with Crippen molar-refractivity contribution >= 4 is 46.1 Å². The number of nitrogens with zero attached hydrogens (tertiary/aromatic N) is 5. The summed E-state index contributed by atoms with van der Waals surface area (Å²) in [6, 6.07) is 6.20. The molecule has 5 heterocycles. The Morgan fingerprint density at radius 3 is 2.51 bits per heavy atom. The molecule has 0 radical (unpaired) electrons. The van der Waals surface area contributed by atoms with E-state index in [9.17, 15) is 26.7 Å². The average molecular weight is 565 g/mol. The second-order valence-electron chi connectivity index (χ2n) is 10.2. The van der Waals surface area contributed by atoms with E-state index in [4.69, 9.17) is 16.6 Å². The number of imidazole rings is 1. The van der Waals surface area contributed by atoms with Gasteiger partial charge in [-0.3, -0.25) is 9.20 Å². The lowest BCUT2D eigenvalue weighted by Crippen LogP contribution is -2.63. The van der Waals surface area contributed by atoms with E-state index in [1.165, 1.54) is 10.5 Å². The molecule has 3 aromatic heterocycles. The van der Waals surface area contributed by atoms with Gasteiger partial charge in [-0.1, -0.05) is 17.7 Å². The lowest BCUT2D eigenvalue weighted by Gasteiger charge is -2.53. The Hall–Kier alpha value is -3.54. The number of carbonyl (C=O) groups excluding carboxylic acids is 1. The molecule has 1 N–H and O–H groups in total. The number of hydrogen-bond donors (Lipinski definition) is 1. The molecule has 3 fully saturated rings. The zero-order chi connectivity index (χ0) is 27.9. The van der Waals surface area contributed by atoms with Crippen LogP contribution in [0.2, 0.25) is 5.15 Å². The van der Waals surface area contributed by atoms with Crippen molar-refractivity contribution in [1.82, 2.24) is 19.4 Å². The summed E-state index contributed by atoms with van der Waals surface area (Å²) in [6.07, 6.45) is -2.90. The molecule has 13 heteroatoms. The van der Waals surface area contributed by atoms with Crippen LogP contribution in [0, 0.1) is 18.8 Å². The molecule has 7 nitrogen and oxygen atoms in total. The van der Waals surface area contributed by atoms with Crippen LogP contribution in [0.25, 0.3) is 16.6 Å². The predicted octanol–water partition coefficient (Wildman–Crippen LogP) is 6.34. The van der Waals surface area contributed by atoms with Crippen LogP contribution in [0.1, 0.15) is 46.7 Å². The number of halogens is 6. The first-order chi connectivity index (χ1) is 18.4. The molecule has 2 saturated heterocycles.